The molecule has 1 heterocycles. The number of nitrogens with one attached hydrogen (secondary N) is 1. The second-order valence-corrected chi connectivity index (χ2v) is 6.35. The third kappa shape index (κ3) is 5.10. The summed E-state index contributed by atoms with van der Waals surface area (Å²) in [6.45, 7) is 2.88. The number of benzene rings is 1. The van der Waals surface area contributed by atoms with E-state index in [0.717, 1.165) is 19.3 Å². The highest BCUT2D eigenvalue weighted by atomic mass is 35.5. The van der Waals surface area contributed by atoms with Crippen molar-refractivity contribution in [2.24, 2.45) is 11.7 Å². The summed E-state index contributed by atoms with van der Waals surface area (Å²) in [5.74, 6) is -0.523. The maximum Gasteiger partial charge on any atom is 0.227 e. The summed E-state index contributed by atoms with van der Waals surface area (Å²) in [5.41, 5.74) is 6.38. The van der Waals surface area contributed by atoms with Crippen LogP contribution in [0.15, 0.2) is 24.3 Å². The number of unbranched alkanes of at least 4 members (excludes halogenated alkanes) is 1. The van der Waals surface area contributed by atoms with Crippen LogP contribution in [0, 0.1) is 5.92 Å². The van der Waals surface area contributed by atoms with Crippen molar-refractivity contribution in [2.45, 2.75) is 38.6 Å². The SMILES string of the molecule is CCCCC(CN)NC(=O)C1CC(=O)N(c2ccccc2Cl)C1.Cl. The molecule has 134 valence electrons. The second-order valence-electron chi connectivity index (χ2n) is 5.94. The summed E-state index contributed by atoms with van der Waals surface area (Å²) in [6, 6.07) is 7.16. The Labute approximate surface area is 154 Å². The number of anilines is 1. The zero-order valence-corrected chi connectivity index (χ0v) is 15.4. The van der Waals surface area contributed by atoms with Gasteiger partial charge in [-0.2, -0.15) is 0 Å². The minimum absolute atomic E-state index is 0. The number of halogens is 2. The van der Waals surface area contributed by atoms with Gasteiger partial charge < -0.3 is 16.0 Å². The maximum absolute atomic E-state index is 12.4. The molecule has 2 atom stereocenters. The Morgan fingerprint density at radius 3 is 2.79 bits per heavy atom. The Bertz CT molecular complexity index is 569. The van der Waals surface area contributed by atoms with Crippen LogP contribution < -0.4 is 16.0 Å². The minimum Gasteiger partial charge on any atom is -0.352 e. The molecule has 5 nitrogen and oxygen atoms in total. The van der Waals surface area contributed by atoms with Gasteiger partial charge in [0.1, 0.15) is 0 Å². The average Bonchev–Trinajstić information content (AvgIpc) is 2.93. The van der Waals surface area contributed by atoms with Gasteiger partial charge in [0, 0.05) is 25.6 Å². The zero-order chi connectivity index (χ0) is 16.8. The van der Waals surface area contributed by atoms with Crippen molar-refractivity contribution < 1.29 is 9.59 Å². The van der Waals surface area contributed by atoms with Gasteiger partial charge in [-0.05, 0) is 18.6 Å². The number of para-hydroxylation sites is 1. The molecule has 7 heteroatoms. The fourth-order valence-corrected chi connectivity index (χ4v) is 3.04. The number of amides is 2. The van der Waals surface area contributed by atoms with Crippen LogP contribution >= 0.6 is 24.0 Å². The third-order valence-electron chi connectivity index (χ3n) is 4.18. The van der Waals surface area contributed by atoms with Crippen molar-refractivity contribution in [1.82, 2.24) is 5.32 Å². The molecular formula is C17H25Cl2N3O2. The van der Waals surface area contributed by atoms with Crippen molar-refractivity contribution in [1.29, 1.82) is 0 Å². The van der Waals surface area contributed by atoms with Crippen LogP contribution in [-0.4, -0.2) is 30.9 Å². The van der Waals surface area contributed by atoms with Crippen LogP contribution in [0.5, 0.6) is 0 Å². The van der Waals surface area contributed by atoms with Gasteiger partial charge in [-0.1, -0.05) is 43.5 Å². The molecule has 0 bridgehead atoms. The summed E-state index contributed by atoms with van der Waals surface area (Å²) in [4.78, 5) is 26.2. The van der Waals surface area contributed by atoms with E-state index in [1.165, 1.54) is 0 Å². The van der Waals surface area contributed by atoms with Gasteiger partial charge in [0.05, 0.1) is 16.6 Å². The molecule has 3 N–H and O–H groups in total. The van der Waals surface area contributed by atoms with E-state index < -0.39 is 0 Å². The molecule has 2 rings (SSSR count). The Morgan fingerprint density at radius 1 is 1.46 bits per heavy atom. The molecule has 1 aromatic rings. The van der Waals surface area contributed by atoms with Crippen LogP contribution in [0.4, 0.5) is 5.69 Å². The fraction of sp³-hybridized carbons (Fsp3) is 0.529. The first-order valence-corrected chi connectivity index (χ1v) is 8.50. The van der Waals surface area contributed by atoms with Crippen molar-refractivity contribution in [2.75, 3.05) is 18.0 Å². The number of carbonyl (C=O) groups excluding carboxylic acids is 2. The highest BCUT2D eigenvalue weighted by molar-refractivity contribution is 6.33. The summed E-state index contributed by atoms with van der Waals surface area (Å²) < 4.78 is 0. The normalized spacial score (nSPS) is 18.2. The topological polar surface area (TPSA) is 75.4 Å². The first-order chi connectivity index (χ1) is 11.1. The second kappa shape index (κ2) is 9.87. The van der Waals surface area contributed by atoms with Crippen LogP contribution in [0.25, 0.3) is 0 Å². The lowest BCUT2D eigenvalue weighted by atomic mass is 10.1. The predicted octanol–water partition coefficient (Wildman–Crippen LogP) is 2.75. The van der Waals surface area contributed by atoms with Gasteiger partial charge in [0.2, 0.25) is 11.8 Å². The zero-order valence-electron chi connectivity index (χ0n) is 13.8. The number of nitrogens with two attached hydrogens (primary N) is 1. The van der Waals surface area contributed by atoms with Crippen molar-refractivity contribution >= 4 is 41.5 Å². The molecule has 1 fully saturated rings. The lowest BCUT2D eigenvalue weighted by molar-refractivity contribution is -0.126. The summed E-state index contributed by atoms with van der Waals surface area (Å²) >= 11 is 6.15. The third-order valence-corrected chi connectivity index (χ3v) is 4.50. The average molecular weight is 374 g/mol. The van der Waals surface area contributed by atoms with E-state index in [0.29, 0.717) is 23.8 Å². The Balaban J connectivity index is 0.00000288. The smallest absolute Gasteiger partial charge is 0.227 e. The lowest BCUT2D eigenvalue weighted by Gasteiger charge is -2.20. The minimum atomic E-state index is -0.352. The number of rotatable bonds is 7. The van der Waals surface area contributed by atoms with Gasteiger partial charge in [-0.15, -0.1) is 12.4 Å². The standard InChI is InChI=1S/C17H24ClN3O2.ClH/c1-2-3-6-13(10-19)20-17(23)12-9-16(22)21(11-12)15-8-5-4-7-14(15)18;/h4-5,7-8,12-13H,2-3,6,9-11,19H2,1H3,(H,20,23);1H. The molecule has 1 aliphatic heterocycles. The first-order valence-electron chi connectivity index (χ1n) is 8.12. The monoisotopic (exact) mass is 373 g/mol. The number of hydrogen-bond acceptors (Lipinski definition) is 3. The van der Waals surface area contributed by atoms with E-state index in [4.69, 9.17) is 17.3 Å². The Morgan fingerprint density at radius 2 is 2.17 bits per heavy atom. The number of hydrogen-bond donors (Lipinski definition) is 2. The molecule has 0 spiro atoms. The highest BCUT2D eigenvalue weighted by Crippen LogP contribution is 2.31. The molecular weight excluding hydrogens is 349 g/mol. The van der Waals surface area contributed by atoms with Crippen molar-refractivity contribution in [3.8, 4) is 0 Å². The Hall–Kier alpha value is -1.30. The molecule has 2 unspecified atom stereocenters. The van der Waals surface area contributed by atoms with Crippen LogP contribution in [-0.2, 0) is 9.59 Å². The lowest BCUT2D eigenvalue weighted by Crippen LogP contribution is -2.43. The first kappa shape index (κ1) is 20.7. The molecule has 2 amide bonds. The molecule has 0 aliphatic carbocycles. The summed E-state index contributed by atoms with van der Waals surface area (Å²) in [5, 5.41) is 3.49. The molecule has 0 radical (unpaired) electrons. The maximum atomic E-state index is 12.4. The van der Waals surface area contributed by atoms with Crippen molar-refractivity contribution in [3.05, 3.63) is 29.3 Å². The molecule has 0 aromatic heterocycles. The van der Waals surface area contributed by atoms with Crippen molar-refractivity contribution in [3.63, 3.8) is 0 Å². The Kier molecular flexibility index (Phi) is 8.53. The van der Waals surface area contributed by atoms with Gasteiger partial charge >= 0.3 is 0 Å². The van der Waals surface area contributed by atoms with Gasteiger partial charge in [0.15, 0.2) is 0 Å². The largest absolute Gasteiger partial charge is 0.352 e. The van der Waals surface area contributed by atoms with Gasteiger partial charge in [0.25, 0.3) is 0 Å². The summed E-state index contributed by atoms with van der Waals surface area (Å²) in [6.07, 6.45) is 3.17. The molecule has 0 saturated carbocycles. The predicted molar refractivity (Wildman–Crippen MR) is 99.7 cm³/mol. The molecule has 1 saturated heterocycles. The van der Waals surface area contributed by atoms with Crippen LogP contribution in [0.2, 0.25) is 5.02 Å². The number of carbonyl (C=O) groups is 2. The van der Waals surface area contributed by atoms with E-state index in [-0.39, 0.29) is 42.6 Å². The van der Waals surface area contributed by atoms with E-state index >= 15 is 0 Å². The molecule has 1 aromatic carbocycles. The van der Waals surface area contributed by atoms with E-state index in [2.05, 4.69) is 12.2 Å². The molecule has 1 aliphatic rings. The van der Waals surface area contributed by atoms with E-state index in [1.807, 2.05) is 12.1 Å². The quantitative estimate of drug-likeness (QED) is 0.771. The highest BCUT2D eigenvalue weighted by Gasteiger charge is 2.36. The van der Waals surface area contributed by atoms with Gasteiger partial charge in [-0.25, -0.2) is 0 Å². The number of nitrogens with zero attached hydrogens (tertiary/aromatic N) is 1. The summed E-state index contributed by atoms with van der Waals surface area (Å²) in [7, 11) is 0. The van der Waals surface area contributed by atoms with E-state index in [1.54, 1.807) is 17.0 Å². The van der Waals surface area contributed by atoms with Gasteiger partial charge in [-0.3, -0.25) is 9.59 Å². The molecule has 24 heavy (non-hydrogen) atoms. The van der Waals surface area contributed by atoms with Crippen LogP contribution in [0.3, 0.4) is 0 Å². The van der Waals surface area contributed by atoms with E-state index in [9.17, 15) is 9.59 Å². The fourth-order valence-electron chi connectivity index (χ4n) is 2.81. The van der Waals surface area contributed by atoms with Crippen LogP contribution in [0.1, 0.15) is 32.6 Å².